The van der Waals surface area contributed by atoms with Crippen molar-refractivity contribution < 1.29 is 4.74 Å². The zero-order chi connectivity index (χ0) is 17.7. The Balaban J connectivity index is 1.48. The first-order valence-electron chi connectivity index (χ1n) is 9.64. The molecule has 2 aromatic rings. The first kappa shape index (κ1) is 16.7. The van der Waals surface area contributed by atoms with Crippen LogP contribution in [-0.2, 0) is 6.54 Å². The van der Waals surface area contributed by atoms with E-state index in [-0.39, 0.29) is 0 Å². The van der Waals surface area contributed by atoms with Crippen molar-refractivity contribution in [3.8, 4) is 5.75 Å². The number of ether oxygens (including phenoxy) is 1. The van der Waals surface area contributed by atoms with Gasteiger partial charge in [-0.25, -0.2) is 0 Å². The standard InChI is InChI=1S/C20H26N4OS/c1-13-21-22-18(26-13)12-24-11-17(15-4-3-5-16(10-15)25-2)20-19(24)14-6-8-23(20)9-7-14/h3-5,10,14,17,19-20H,6-9,11-12H2,1-2H3/t17-,19-,20-/m1/s1. The number of fused-ring (bicyclic) bond motifs is 2. The molecule has 0 spiro atoms. The number of aryl methyl sites for hydroxylation is 1. The van der Waals surface area contributed by atoms with Gasteiger partial charge in [-0.15, -0.1) is 21.5 Å². The molecule has 26 heavy (non-hydrogen) atoms. The molecule has 0 saturated carbocycles. The minimum absolute atomic E-state index is 0.548. The SMILES string of the molecule is COc1cccc([C@H]2CN(Cc3nnc(C)s3)[C@@H]3C4CCN(CC4)[C@H]23)c1. The summed E-state index contributed by atoms with van der Waals surface area (Å²) in [6.07, 6.45) is 2.69. The Morgan fingerprint density at radius 3 is 2.77 bits per heavy atom. The van der Waals surface area contributed by atoms with E-state index in [9.17, 15) is 0 Å². The van der Waals surface area contributed by atoms with Crippen LogP contribution in [-0.4, -0.2) is 58.8 Å². The summed E-state index contributed by atoms with van der Waals surface area (Å²) in [5.74, 6) is 2.34. The van der Waals surface area contributed by atoms with Gasteiger partial charge in [-0.3, -0.25) is 9.80 Å². The average molecular weight is 371 g/mol. The van der Waals surface area contributed by atoms with Crippen LogP contribution in [0, 0.1) is 12.8 Å². The highest BCUT2D eigenvalue weighted by molar-refractivity contribution is 7.11. The van der Waals surface area contributed by atoms with E-state index in [0.717, 1.165) is 34.8 Å². The Morgan fingerprint density at radius 1 is 1.19 bits per heavy atom. The van der Waals surface area contributed by atoms with E-state index in [1.54, 1.807) is 18.4 Å². The highest BCUT2D eigenvalue weighted by Gasteiger charge is 2.53. The van der Waals surface area contributed by atoms with Crippen LogP contribution in [0.3, 0.4) is 0 Å². The molecule has 2 bridgehead atoms. The second-order valence-corrected chi connectivity index (χ2v) is 9.15. The number of nitrogens with zero attached hydrogens (tertiary/aromatic N) is 4. The van der Waals surface area contributed by atoms with E-state index in [4.69, 9.17) is 4.74 Å². The predicted octanol–water partition coefficient (Wildman–Crippen LogP) is 2.92. The molecule has 1 aromatic carbocycles. The summed E-state index contributed by atoms with van der Waals surface area (Å²) in [5.41, 5.74) is 1.42. The maximum Gasteiger partial charge on any atom is 0.131 e. The number of hydrogen-bond donors (Lipinski definition) is 0. The van der Waals surface area contributed by atoms with Gasteiger partial charge >= 0.3 is 0 Å². The van der Waals surface area contributed by atoms with Crippen LogP contribution in [0.1, 0.15) is 34.3 Å². The quantitative estimate of drug-likeness (QED) is 0.828. The molecule has 138 valence electrons. The summed E-state index contributed by atoms with van der Waals surface area (Å²) in [6.45, 7) is 6.61. The monoisotopic (exact) mass is 370 g/mol. The first-order chi connectivity index (χ1) is 12.7. The molecule has 6 heteroatoms. The Kier molecular flexibility index (Phi) is 4.22. The number of hydrogen-bond acceptors (Lipinski definition) is 6. The van der Waals surface area contributed by atoms with Gasteiger partial charge in [0.05, 0.1) is 13.7 Å². The summed E-state index contributed by atoms with van der Waals surface area (Å²) in [4.78, 5) is 5.45. The van der Waals surface area contributed by atoms with Gasteiger partial charge in [-0.1, -0.05) is 12.1 Å². The van der Waals surface area contributed by atoms with E-state index in [0.29, 0.717) is 18.0 Å². The van der Waals surface area contributed by atoms with Crippen molar-refractivity contribution in [1.82, 2.24) is 20.0 Å². The molecule has 4 aliphatic heterocycles. The zero-order valence-electron chi connectivity index (χ0n) is 15.5. The van der Waals surface area contributed by atoms with Crippen LogP contribution in [0.25, 0.3) is 0 Å². The van der Waals surface area contributed by atoms with Crippen LogP contribution >= 0.6 is 11.3 Å². The second kappa shape index (κ2) is 6.59. The molecule has 6 rings (SSSR count). The van der Waals surface area contributed by atoms with E-state index < -0.39 is 0 Å². The topological polar surface area (TPSA) is 41.5 Å². The molecule has 4 saturated heterocycles. The van der Waals surface area contributed by atoms with Crippen molar-refractivity contribution in [1.29, 1.82) is 0 Å². The van der Waals surface area contributed by atoms with E-state index in [1.807, 2.05) is 13.0 Å². The lowest BCUT2D eigenvalue weighted by Crippen LogP contribution is -2.59. The van der Waals surface area contributed by atoms with E-state index in [2.05, 4.69) is 38.2 Å². The molecular formula is C20H26N4OS. The zero-order valence-corrected chi connectivity index (χ0v) is 16.3. The normalized spacial score (nSPS) is 33.4. The van der Waals surface area contributed by atoms with Crippen molar-refractivity contribution in [2.45, 2.75) is 44.3 Å². The summed E-state index contributed by atoms with van der Waals surface area (Å²) >= 11 is 1.74. The molecular weight excluding hydrogens is 344 g/mol. The smallest absolute Gasteiger partial charge is 0.131 e. The van der Waals surface area contributed by atoms with Gasteiger partial charge in [0.1, 0.15) is 15.8 Å². The third-order valence-electron chi connectivity index (χ3n) is 6.52. The van der Waals surface area contributed by atoms with Gasteiger partial charge < -0.3 is 4.74 Å². The Morgan fingerprint density at radius 2 is 2.04 bits per heavy atom. The third kappa shape index (κ3) is 2.75. The lowest BCUT2D eigenvalue weighted by molar-refractivity contribution is -0.00875. The van der Waals surface area contributed by atoms with Crippen LogP contribution < -0.4 is 4.74 Å². The lowest BCUT2D eigenvalue weighted by atomic mass is 9.75. The van der Waals surface area contributed by atoms with Gasteiger partial charge in [-0.05, 0) is 56.5 Å². The highest BCUT2D eigenvalue weighted by atomic mass is 32.1. The highest BCUT2D eigenvalue weighted by Crippen LogP contribution is 2.47. The first-order valence-corrected chi connectivity index (χ1v) is 10.5. The third-order valence-corrected chi connectivity index (χ3v) is 7.35. The Hall–Kier alpha value is -1.50. The number of benzene rings is 1. The van der Waals surface area contributed by atoms with Crippen LogP contribution in [0.4, 0.5) is 0 Å². The molecule has 0 aliphatic carbocycles. The average Bonchev–Trinajstić information content (AvgIpc) is 3.28. The summed E-state index contributed by atoms with van der Waals surface area (Å²) in [5, 5.41) is 10.8. The molecule has 4 aliphatic rings. The molecule has 1 aromatic heterocycles. The van der Waals surface area contributed by atoms with Crippen LogP contribution in [0.5, 0.6) is 5.75 Å². The number of methoxy groups -OCH3 is 1. The number of rotatable bonds is 4. The van der Waals surface area contributed by atoms with Crippen LogP contribution in [0.15, 0.2) is 24.3 Å². The Labute approximate surface area is 159 Å². The molecule has 0 unspecified atom stereocenters. The van der Waals surface area contributed by atoms with Gasteiger partial charge in [0.2, 0.25) is 0 Å². The number of likely N-dealkylation sites (tertiary alicyclic amines) is 1. The molecule has 5 nitrogen and oxygen atoms in total. The van der Waals surface area contributed by atoms with Gasteiger partial charge in [0.15, 0.2) is 0 Å². The van der Waals surface area contributed by atoms with Crippen molar-refractivity contribution in [3.63, 3.8) is 0 Å². The Bertz CT molecular complexity index is 786. The number of piperidine rings is 3. The van der Waals surface area contributed by atoms with E-state index >= 15 is 0 Å². The predicted molar refractivity (Wildman–Crippen MR) is 103 cm³/mol. The molecule has 0 radical (unpaired) electrons. The van der Waals surface area contributed by atoms with Gasteiger partial charge in [0.25, 0.3) is 0 Å². The van der Waals surface area contributed by atoms with Crippen LogP contribution in [0.2, 0.25) is 0 Å². The fourth-order valence-corrected chi connectivity index (χ4v) is 6.20. The maximum atomic E-state index is 5.49. The maximum absolute atomic E-state index is 5.49. The summed E-state index contributed by atoms with van der Waals surface area (Å²) < 4.78 is 5.49. The molecule has 0 amide bonds. The minimum atomic E-state index is 0.548. The fraction of sp³-hybridized carbons (Fsp3) is 0.600. The largest absolute Gasteiger partial charge is 0.497 e. The fourth-order valence-electron chi connectivity index (χ4n) is 5.46. The van der Waals surface area contributed by atoms with Gasteiger partial charge in [-0.2, -0.15) is 0 Å². The summed E-state index contributed by atoms with van der Waals surface area (Å²) in [7, 11) is 1.76. The van der Waals surface area contributed by atoms with E-state index in [1.165, 1.54) is 31.5 Å². The molecule has 5 heterocycles. The van der Waals surface area contributed by atoms with Gasteiger partial charge in [0, 0.05) is 24.5 Å². The molecule has 0 N–H and O–H groups in total. The van der Waals surface area contributed by atoms with Crippen molar-refractivity contribution in [2.75, 3.05) is 26.7 Å². The van der Waals surface area contributed by atoms with Crippen molar-refractivity contribution in [2.24, 2.45) is 5.92 Å². The van der Waals surface area contributed by atoms with Crippen molar-refractivity contribution in [3.05, 3.63) is 39.8 Å². The van der Waals surface area contributed by atoms with Crippen molar-refractivity contribution >= 4 is 11.3 Å². The minimum Gasteiger partial charge on any atom is -0.497 e. The molecule has 4 fully saturated rings. The lowest BCUT2D eigenvalue weighted by Gasteiger charge is -2.51. The second-order valence-electron chi connectivity index (χ2n) is 7.88. The summed E-state index contributed by atoms with van der Waals surface area (Å²) in [6, 6.07) is 9.98. The molecule has 3 atom stereocenters. The number of aromatic nitrogens is 2.